The molecule has 1 aliphatic carbocycles. The molecule has 24 heavy (non-hydrogen) atoms. The summed E-state index contributed by atoms with van der Waals surface area (Å²) < 4.78 is 5.71. The summed E-state index contributed by atoms with van der Waals surface area (Å²) in [5, 5.41) is 6.73. The fraction of sp³-hybridized carbons (Fsp3) is 0.632. The third-order valence-corrected chi connectivity index (χ3v) is 4.24. The minimum atomic E-state index is 0.557. The minimum Gasteiger partial charge on any atom is -0.494 e. The summed E-state index contributed by atoms with van der Waals surface area (Å²) in [6, 6.07) is 10.5. The average Bonchev–Trinajstić information content (AvgIpc) is 3.40. The van der Waals surface area contributed by atoms with Gasteiger partial charge in [-0.25, -0.2) is 0 Å². The highest BCUT2D eigenvalue weighted by molar-refractivity contribution is 5.79. The zero-order valence-electron chi connectivity index (χ0n) is 15.3. The number of aliphatic imine (C=N–C) groups is 1. The summed E-state index contributed by atoms with van der Waals surface area (Å²) in [7, 11) is 4.31. The minimum absolute atomic E-state index is 0.557. The number of hydrogen-bond donors (Lipinski definition) is 2. The van der Waals surface area contributed by atoms with Crippen LogP contribution in [0.2, 0.25) is 0 Å². The first-order valence-electron chi connectivity index (χ1n) is 9.07. The number of likely N-dealkylation sites (N-methyl/N-ethyl adjacent to an activating group) is 1. The van der Waals surface area contributed by atoms with E-state index >= 15 is 0 Å². The summed E-state index contributed by atoms with van der Waals surface area (Å²) in [5.74, 6) is 2.66. The second-order valence-corrected chi connectivity index (χ2v) is 6.53. The second-order valence-electron chi connectivity index (χ2n) is 6.53. The van der Waals surface area contributed by atoms with Crippen LogP contribution in [0.3, 0.4) is 0 Å². The first-order valence-corrected chi connectivity index (χ1v) is 9.07. The smallest absolute Gasteiger partial charge is 0.191 e. The summed E-state index contributed by atoms with van der Waals surface area (Å²) >= 11 is 0. The van der Waals surface area contributed by atoms with Crippen molar-refractivity contribution in [3.63, 3.8) is 0 Å². The molecule has 2 rings (SSSR count). The molecule has 1 fully saturated rings. The molecule has 1 atom stereocenters. The van der Waals surface area contributed by atoms with Crippen molar-refractivity contribution in [3.05, 3.63) is 30.3 Å². The lowest BCUT2D eigenvalue weighted by Gasteiger charge is -2.23. The molecule has 0 radical (unpaired) electrons. The van der Waals surface area contributed by atoms with Crippen molar-refractivity contribution < 1.29 is 4.74 Å². The van der Waals surface area contributed by atoms with E-state index in [-0.39, 0.29) is 0 Å². The van der Waals surface area contributed by atoms with Crippen molar-refractivity contribution in [3.8, 4) is 5.75 Å². The standard InChI is InChI=1S/C19H32N4O/c1-4-20-19(22-15-18(23(2)3)16-11-12-16)21-13-8-14-24-17-9-6-5-7-10-17/h5-7,9-10,16,18H,4,8,11-15H2,1-3H3,(H2,20,21,22). The van der Waals surface area contributed by atoms with Crippen molar-refractivity contribution >= 4 is 5.96 Å². The number of nitrogens with one attached hydrogen (secondary N) is 2. The van der Waals surface area contributed by atoms with Gasteiger partial charge in [0.05, 0.1) is 13.2 Å². The number of nitrogens with zero attached hydrogens (tertiary/aromatic N) is 2. The number of hydrogen-bond acceptors (Lipinski definition) is 3. The Balaban J connectivity index is 1.69. The van der Waals surface area contributed by atoms with E-state index in [1.165, 1.54) is 12.8 Å². The van der Waals surface area contributed by atoms with Crippen molar-refractivity contribution in [1.29, 1.82) is 0 Å². The fourth-order valence-electron chi connectivity index (χ4n) is 2.73. The molecule has 0 spiro atoms. The zero-order chi connectivity index (χ0) is 17.2. The van der Waals surface area contributed by atoms with Gasteiger partial charge in [-0.15, -0.1) is 0 Å². The lowest BCUT2D eigenvalue weighted by molar-refractivity contribution is 0.271. The molecule has 5 nitrogen and oxygen atoms in total. The molecule has 0 saturated heterocycles. The maximum absolute atomic E-state index is 5.71. The van der Waals surface area contributed by atoms with Gasteiger partial charge in [0.15, 0.2) is 5.96 Å². The molecule has 1 unspecified atom stereocenters. The topological polar surface area (TPSA) is 48.9 Å². The number of guanidine groups is 1. The Morgan fingerprint density at radius 2 is 2.00 bits per heavy atom. The van der Waals surface area contributed by atoms with Crippen LogP contribution in [-0.2, 0) is 0 Å². The zero-order valence-corrected chi connectivity index (χ0v) is 15.3. The van der Waals surface area contributed by atoms with Crippen LogP contribution in [0, 0.1) is 5.92 Å². The molecule has 0 aliphatic heterocycles. The van der Waals surface area contributed by atoms with Crippen LogP contribution in [0.1, 0.15) is 26.2 Å². The highest BCUT2D eigenvalue weighted by atomic mass is 16.5. The van der Waals surface area contributed by atoms with Gasteiger partial charge in [-0.3, -0.25) is 4.99 Å². The highest BCUT2D eigenvalue weighted by Crippen LogP contribution is 2.34. The van der Waals surface area contributed by atoms with Crippen molar-refractivity contribution in [2.45, 2.75) is 32.2 Å². The highest BCUT2D eigenvalue weighted by Gasteiger charge is 2.32. The number of para-hydroxylation sites is 1. The Kier molecular flexibility index (Phi) is 7.89. The normalized spacial score (nSPS) is 16.1. The SMILES string of the molecule is CCNC(=NCC(C1CC1)N(C)C)NCCCOc1ccccc1. The number of rotatable bonds is 10. The van der Waals surface area contributed by atoms with E-state index in [0.29, 0.717) is 12.6 Å². The first kappa shape index (κ1) is 18.6. The fourth-order valence-corrected chi connectivity index (χ4v) is 2.73. The van der Waals surface area contributed by atoms with E-state index in [2.05, 4.69) is 36.6 Å². The van der Waals surface area contributed by atoms with Gasteiger partial charge < -0.3 is 20.3 Å². The van der Waals surface area contributed by atoms with E-state index in [1.807, 2.05) is 30.3 Å². The van der Waals surface area contributed by atoms with Gasteiger partial charge in [-0.1, -0.05) is 18.2 Å². The maximum Gasteiger partial charge on any atom is 0.191 e. The molecule has 1 aliphatic rings. The molecule has 0 aromatic heterocycles. The molecule has 5 heteroatoms. The predicted octanol–water partition coefficient (Wildman–Crippen LogP) is 2.35. The van der Waals surface area contributed by atoms with E-state index in [4.69, 9.17) is 9.73 Å². The third-order valence-electron chi connectivity index (χ3n) is 4.24. The summed E-state index contributed by atoms with van der Waals surface area (Å²) in [4.78, 5) is 7.07. The summed E-state index contributed by atoms with van der Waals surface area (Å²) in [6.45, 7) is 5.39. The van der Waals surface area contributed by atoms with Crippen molar-refractivity contribution in [2.75, 3.05) is 40.3 Å². The molecule has 0 amide bonds. The van der Waals surface area contributed by atoms with Crippen molar-refractivity contribution in [2.24, 2.45) is 10.9 Å². The van der Waals surface area contributed by atoms with Crippen LogP contribution in [-0.4, -0.2) is 57.2 Å². The molecule has 2 N–H and O–H groups in total. The van der Waals surface area contributed by atoms with Gasteiger partial charge in [0, 0.05) is 19.1 Å². The third kappa shape index (κ3) is 6.79. The quantitative estimate of drug-likeness (QED) is 0.392. The van der Waals surface area contributed by atoms with Gasteiger partial charge in [-0.05, 0) is 58.3 Å². The predicted molar refractivity (Wildman–Crippen MR) is 101 cm³/mol. The Morgan fingerprint density at radius 3 is 2.62 bits per heavy atom. The van der Waals surface area contributed by atoms with Crippen LogP contribution in [0.4, 0.5) is 0 Å². The van der Waals surface area contributed by atoms with Gasteiger partial charge in [0.25, 0.3) is 0 Å². The van der Waals surface area contributed by atoms with Crippen LogP contribution in [0.5, 0.6) is 5.75 Å². The Hall–Kier alpha value is -1.75. The van der Waals surface area contributed by atoms with Gasteiger partial charge in [0.1, 0.15) is 5.75 Å². The molecule has 0 heterocycles. The number of benzene rings is 1. The summed E-state index contributed by atoms with van der Waals surface area (Å²) in [5.41, 5.74) is 0. The van der Waals surface area contributed by atoms with E-state index < -0.39 is 0 Å². The van der Waals surface area contributed by atoms with E-state index in [1.54, 1.807) is 0 Å². The van der Waals surface area contributed by atoms with E-state index in [0.717, 1.165) is 43.7 Å². The second kappa shape index (κ2) is 10.2. The molecular formula is C19H32N4O. The Labute approximate surface area is 146 Å². The maximum atomic E-state index is 5.71. The van der Waals surface area contributed by atoms with Crippen molar-refractivity contribution in [1.82, 2.24) is 15.5 Å². The molecule has 0 bridgehead atoms. The molecule has 1 aromatic carbocycles. The average molecular weight is 332 g/mol. The molecule has 1 saturated carbocycles. The van der Waals surface area contributed by atoms with Crippen LogP contribution < -0.4 is 15.4 Å². The van der Waals surface area contributed by atoms with Gasteiger partial charge >= 0.3 is 0 Å². The monoisotopic (exact) mass is 332 g/mol. The van der Waals surface area contributed by atoms with Crippen LogP contribution in [0.15, 0.2) is 35.3 Å². The largest absolute Gasteiger partial charge is 0.494 e. The molecular weight excluding hydrogens is 300 g/mol. The molecule has 134 valence electrons. The molecule has 1 aromatic rings. The lowest BCUT2D eigenvalue weighted by atomic mass is 10.2. The van der Waals surface area contributed by atoms with Gasteiger partial charge in [-0.2, -0.15) is 0 Å². The van der Waals surface area contributed by atoms with Crippen LogP contribution in [0.25, 0.3) is 0 Å². The number of ether oxygens (including phenoxy) is 1. The van der Waals surface area contributed by atoms with E-state index in [9.17, 15) is 0 Å². The first-order chi connectivity index (χ1) is 11.7. The summed E-state index contributed by atoms with van der Waals surface area (Å²) in [6.07, 6.45) is 3.64. The Morgan fingerprint density at radius 1 is 1.25 bits per heavy atom. The lowest BCUT2D eigenvalue weighted by Crippen LogP contribution is -2.40. The van der Waals surface area contributed by atoms with Gasteiger partial charge in [0.2, 0.25) is 0 Å². The Bertz CT molecular complexity index is 483. The van der Waals surface area contributed by atoms with Crippen LogP contribution >= 0.6 is 0 Å².